The van der Waals surface area contributed by atoms with Crippen LogP contribution in [0.15, 0.2) is 29.4 Å². The van der Waals surface area contributed by atoms with Crippen LogP contribution in [-0.4, -0.2) is 10.7 Å². The van der Waals surface area contributed by atoms with Crippen molar-refractivity contribution in [2.75, 3.05) is 16.8 Å². The number of aromatic nitrogens is 1. The van der Waals surface area contributed by atoms with Gasteiger partial charge in [0, 0.05) is 11.4 Å². The van der Waals surface area contributed by atoms with E-state index in [9.17, 15) is 0 Å². The molecule has 0 unspecified atom stereocenters. The van der Waals surface area contributed by atoms with Crippen LogP contribution in [0, 0.1) is 5.92 Å². The van der Waals surface area contributed by atoms with Gasteiger partial charge in [0.15, 0.2) is 0 Å². The molecule has 0 spiro atoms. The van der Waals surface area contributed by atoms with E-state index in [0.29, 0.717) is 5.82 Å². The zero-order valence-corrected chi connectivity index (χ0v) is 13.8. The van der Waals surface area contributed by atoms with Crippen molar-refractivity contribution in [3.63, 3.8) is 0 Å². The van der Waals surface area contributed by atoms with Gasteiger partial charge in [0.05, 0.1) is 10.7 Å². The van der Waals surface area contributed by atoms with Crippen LogP contribution in [-0.2, 0) is 0 Å². The maximum absolute atomic E-state index is 6.05. The normalized spacial score (nSPS) is 15.9. The van der Waals surface area contributed by atoms with Gasteiger partial charge in [0.2, 0.25) is 0 Å². The summed E-state index contributed by atoms with van der Waals surface area (Å²) in [5.41, 5.74) is 7.91. The summed E-state index contributed by atoms with van der Waals surface area (Å²) in [5.74, 6) is 2.59. The van der Waals surface area contributed by atoms with Gasteiger partial charge in [-0.25, -0.2) is 4.98 Å². The van der Waals surface area contributed by atoms with Crippen molar-refractivity contribution in [2.24, 2.45) is 5.92 Å². The van der Waals surface area contributed by atoms with Gasteiger partial charge in [-0.1, -0.05) is 39.2 Å². The van der Waals surface area contributed by atoms with E-state index in [-0.39, 0.29) is 0 Å². The molecule has 1 aliphatic carbocycles. The minimum atomic E-state index is 0.570. The summed E-state index contributed by atoms with van der Waals surface area (Å²) in [7, 11) is 0. The Balaban J connectivity index is 1.87. The Hall–Kier alpha value is -1.16. The molecule has 3 nitrogen and oxygen atoms in total. The zero-order chi connectivity index (χ0) is 15.1. The van der Waals surface area contributed by atoms with Crippen LogP contribution in [0.25, 0.3) is 0 Å². The van der Waals surface area contributed by atoms with Gasteiger partial charge in [-0.2, -0.15) is 0 Å². The fourth-order valence-electron chi connectivity index (χ4n) is 2.75. The minimum Gasteiger partial charge on any atom is -0.382 e. The molecule has 1 aromatic rings. The maximum Gasteiger partial charge on any atom is 0.148 e. The van der Waals surface area contributed by atoms with Crippen molar-refractivity contribution in [1.82, 2.24) is 4.98 Å². The summed E-state index contributed by atoms with van der Waals surface area (Å²) < 4.78 is 0. The van der Waals surface area contributed by atoms with Crippen molar-refractivity contribution in [3.8, 4) is 0 Å². The monoisotopic (exact) mass is 305 g/mol. The van der Waals surface area contributed by atoms with E-state index in [4.69, 9.17) is 5.73 Å². The fourth-order valence-corrected chi connectivity index (χ4v) is 3.82. The first kappa shape index (κ1) is 16.2. The molecular formula is C17H27N3S. The number of nitrogen functional groups attached to an aromatic ring is 1. The Morgan fingerprint density at radius 2 is 2.14 bits per heavy atom. The number of hydrogen-bond acceptors (Lipinski definition) is 4. The zero-order valence-electron chi connectivity index (χ0n) is 13.0. The van der Waals surface area contributed by atoms with Crippen molar-refractivity contribution in [3.05, 3.63) is 24.4 Å². The predicted molar refractivity (Wildman–Crippen MR) is 93.6 cm³/mol. The topological polar surface area (TPSA) is 50.9 Å². The molecule has 1 saturated carbocycles. The second kappa shape index (κ2) is 8.32. The fraction of sp³-hybridized carbons (Fsp3) is 0.588. The van der Waals surface area contributed by atoms with Crippen LogP contribution in [0.3, 0.4) is 0 Å². The molecule has 0 saturated heterocycles. The Bertz CT molecular complexity index is 467. The SMILES string of the molecule is C=C(CCC)Nc1ccc(SCC2CCCCC2)nc1N. The van der Waals surface area contributed by atoms with Crippen LogP contribution in [0.4, 0.5) is 11.5 Å². The van der Waals surface area contributed by atoms with Gasteiger partial charge in [-0.3, -0.25) is 0 Å². The molecule has 1 aliphatic rings. The van der Waals surface area contributed by atoms with Crippen LogP contribution < -0.4 is 11.1 Å². The van der Waals surface area contributed by atoms with Gasteiger partial charge < -0.3 is 11.1 Å². The summed E-state index contributed by atoms with van der Waals surface area (Å²) in [4.78, 5) is 4.51. The summed E-state index contributed by atoms with van der Waals surface area (Å²) in [6, 6.07) is 4.08. The Morgan fingerprint density at radius 3 is 2.81 bits per heavy atom. The molecule has 0 radical (unpaired) electrons. The highest BCUT2D eigenvalue weighted by molar-refractivity contribution is 7.99. The number of anilines is 2. The smallest absolute Gasteiger partial charge is 0.148 e. The van der Waals surface area contributed by atoms with Crippen LogP contribution in [0.1, 0.15) is 51.9 Å². The third-order valence-electron chi connectivity index (χ3n) is 3.95. The number of hydrogen-bond donors (Lipinski definition) is 2. The summed E-state index contributed by atoms with van der Waals surface area (Å²) in [6.07, 6.45) is 8.98. The van der Waals surface area contributed by atoms with E-state index < -0.39 is 0 Å². The molecule has 2 rings (SSSR count). The molecular weight excluding hydrogens is 278 g/mol. The Kier molecular flexibility index (Phi) is 6.43. The maximum atomic E-state index is 6.05. The largest absolute Gasteiger partial charge is 0.382 e. The average Bonchev–Trinajstić information content (AvgIpc) is 2.49. The molecule has 1 fully saturated rings. The molecule has 3 N–H and O–H groups in total. The minimum absolute atomic E-state index is 0.570. The quantitative estimate of drug-likeness (QED) is 0.691. The van der Waals surface area contributed by atoms with Gasteiger partial charge in [0.25, 0.3) is 0 Å². The summed E-state index contributed by atoms with van der Waals surface area (Å²) >= 11 is 1.84. The molecule has 0 aromatic carbocycles. The van der Waals surface area contributed by atoms with Crippen molar-refractivity contribution < 1.29 is 0 Å². The number of pyridine rings is 1. The standard InChI is InChI=1S/C17H27N3S/c1-3-7-13(2)19-15-10-11-16(20-17(15)18)21-12-14-8-5-4-6-9-14/h10-11,14,19H,2-9,12H2,1H3,(H2,18,20). The lowest BCUT2D eigenvalue weighted by Gasteiger charge is -2.20. The number of thioether (sulfide) groups is 1. The van der Waals surface area contributed by atoms with E-state index in [1.165, 1.54) is 37.9 Å². The molecule has 1 heterocycles. The summed E-state index contributed by atoms with van der Waals surface area (Å²) in [6.45, 7) is 6.14. The van der Waals surface area contributed by atoms with Crippen LogP contribution in [0.2, 0.25) is 0 Å². The molecule has 116 valence electrons. The van der Waals surface area contributed by atoms with Gasteiger partial charge >= 0.3 is 0 Å². The van der Waals surface area contributed by atoms with Gasteiger partial charge in [-0.15, -0.1) is 11.8 Å². The Labute approximate surface area is 132 Å². The van der Waals surface area contributed by atoms with Crippen molar-refractivity contribution >= 4 is 23.3 Å². The molecule has 0 amide bonds. The van der Waals surface area contributed by atoms with E-state index in [0.717, 1.165) is 35.2 Å². The average molecular weight is 305 g/mol. The lowest BCUT2D eigenvalue weighted by atomic mass is 9.91. The lowest BCUT2D eigenvalue weighted by molar-refractivity contribution is 0.391. The van der Waals surface area contributed by atoms with E-state index >= 15 is 0 Å². The molecule has 0 bridgehead atoms. The van der Waals surface area contributed by atoms with E-state index in [2.05, 4.69) is 29.9 Å². The van der Waals surface area contributed by atoms with E-state index in [1.807, 2.05) is 17.8 Å². The van der Waals surface area contributed by atoms with E-state index in [1.54, 1.807) is 0 Å². The number of rotatable bonds is 7. The first-order valence-corrected chi connectivity index (χ1v) is 9.01. The number of allylic oxidation sites excluding steroid dienone is 1. The second-order valence-electron chi connectivity index (χ2n) is 5.88. The third-order valence-corrected chi connectivity index (χ3v) is 5.12. The number of nitrogens with one attached hydrogen (secondary N) is 1. The summed E-state index contributed by atoms with van der Waals surface area (Å²) in [5, 5.41) is 4.28. The number of nitrogens with zero attached hydrogens (tertiary/aromatic N) is 1. The molecule has 0 aliphatic heterocycles. The van der Waals surface area contributed by atoms with Crippen LogP contribution >= 0.6 is 11.8 Å². The molecule has 4 heteroatoms. The van der Waals surface area contributed by atoms with Gasteiger partial charge in [-0.05, 0) is 37.3 Å². The second-order valence-corrected chi connectivity index (χ2v) is 6.92. The highest BCUT2D eigenvalue weighted by Crippen LogP contribution is 2.30. The lowest BCUT2D eigenvalue weighted by Crippen LogP contribution is -2.09. The highest BCUT2D eigenvalue weighted by atomic mass is 32.2. The van der Waals surface area contributed by atoms with Crippen LogP contribution in [0.5, 0.6) is 0 Å². The highest BCUT2D eigenvalue weighted by Gasteiger charge is 2.14. The molecule has 0 atom stereocenters. The predicted octanol–water partition coefficient (Wildman–Crippen LogP) is 5.06. The first-order valence-electron chi connectivity index (χ1n) is 8.03. The van der Waals surface area contributed by atoms with Crippen molar-refractivity contribution in [1.29, 1.82) is 0 Å². The van der Waals surface area contributed by atoms with Gasteiger partial charge in [0.1, 0.15) is 5.82 Å². The molecule has 1 aromatic heterocycles. The first-order chi connectivity index (χ1) is 10.2. The number of nitrogens with two attached hydrogens (primary N) is 1. The van der Waals surface area contributed by atoms with Crippen molar-refractivity contribution in [2.45, 2.75) is 56.9 Å². The molecule has 21 heavy (non-hydrogen) atoms. The third kappa shape index (κ3) is 5.27. The Morgan fingerprint density at radius 1 is 1.38 bits per heavy atom.